The van der Waals surface area contributed by atoms with Gasteiger partial charge in [0.1, 0.15) is 5.75 Å². The first-order chi connectivity index (χ1) is 13.5. The van der Waals surface area contributed by atoms with Crippen LogP contribution in [0.4, 0.5) is 5.69 Å². The lowest BCUT2D eigenvalue weighted by Crippen LogP contribution is -2.45. The quantitative estimate of drug-likeness (QED) is 0.775. The van der Waals surface area contributed by atoms with Crippen molar-refractivity contribution in [1.82, 2.24) is 5.32 Å². The molecule has 0 aromatic heterocycles. The first-order valence-corrected chi connectivity index (χ1v) is 9.00. The van der Waals surface area contributed by atoms with E-state index in [-0.39, 0.29) is 24.8 Å². The molecule has 146 valence electrons. The minimum atomic E-state index is -0.578. The van der Waals surface area contributed by atoms with E-state index in [2.05, 4.69) is 10.1 Å². The molecule has 0 bridgehead atoms. The van der Waals surface area contributed by atoms with E-state index < -0.39 is 12.1 Å². The second kappa shape index (κ2) is 8.56. The number of benzene rings is 2. The number of ether oxygens (including phenoxy) is 2. The van der Waals surface area contributed by atoms with Crippen LogP contribution < -0.4 is 15.0 Å². The van der Waals surface area contributed by atoms with Crippen molar-refractivity contribution in [2.75, 3.05) is 18.6 Å². The van der Waals surface area contributed by atoms with Gasteiger partial charge in [0, 0.05) is 19.5 Å². The second-order valence-corrected chi connectivity index (χ2v) is 6.43. The Labute approximate surface area is 163 Å². The van der Waals surface area contributed by atoms with Crippen LogP contribution in [-0.4, -0.2) is 37.5 Å². The lowest BCUT2D eigenvalue weighted by Gasteiger charge is -2.32. The summed E-state index contributed by atoms with van der Waals surface area (Å²) in [5.74, 6) is -0.0904. The fraction of sp³-hybridized carbons (Fsp3) is 0.286. The van der Waals surface area contributed by atoms with Crippen LogP contribution in [0.5, 0.6) is 5.75 Å². The van der Waals surface area contributed by atoms with Crippen molar-refractivity contribution in [2.24, 2.45) is 0 Å². The highest BCUT2D eigenvalue weighted by Gasteiger charge is 2.31. The van der Waals surface area contributed by atoms with Gasteiger partial charge in [-0.2, -0.15) is 0 Å². The highest BCUT2D eigenvalue weighted by molar-refractivity contribution is 6.00. The lowest BCUT2D eigenvalue weighted by atomic mass is 10.1. The molecule has 0 fully saturated rings. The zero-order chi connectivity index (χ0) is 20.1. The van der Waals surface area contributed by atoms with Gasteiger partial charge < -0.3 is 19.7 Å². The minimum absolute atomic E-state index is 0.162. The highest BCUT2D eigenvalue weighted by Crippen LogP contribution is 2.33. The largest absolute Gasteiger partial charge is 0.479 e. The number of methoxy groups -OCH3 is 1. The number of hydrogen-bond donors (Lipinski definition) is 1. The highest BCUT2D eigenvalue weighted by atomic mass is 16.5. The van der Waals surface area contributed by atoms with Gasteiger partial charge in [-0.15, -0.1) is 0 Å². The van der Waals surface area contributed by atoms with Gasteiger partial charge in [-0.1, -0.05) is 24.3 Å². The second-order valence-electron chi connectivity index (χ2n) is 6.43. The molecule has 3 rings (SSSR count). The third kappa shape index (κ3) is 4.31. The summed E-state index contributed by atoms with van der Waals surface area (Å²) < 4.78 is 10.3. The summed E-state index contributed by atoms with van der Waals surface area (Å²) in [5, 5.41) is 2.83. The molecule has 1 unspecified atom stereocenters. The van der Waals surface area contributed by atoms with E-state index in [1.54, 1.807) is 42.2 Å². The van der Waals surface area contributed by atoms with Gasteiger partial charge in [0.25, 0.3) is 5.91 Å². The van der Waals surface area contributed by atoms with Crippen LogP contribution in [0, 0.1) is 0 Å². The maximum absolute atomic E-state index is 12.4. The summed E-state index contributed by atoms with van der Waals surface area (Å²) >= 11 is 0. The van der Waals surface area contributed by atoms with Gasteiger partial charge in [0.2, 0.25) is 5.91 Å². The van der Waals surface area contributed by atoms with Crippen molar-refractivity contribution in [1.29, 1.82) is 0 Å². The molecule has 0 aliphatic carbocycles. The van der Waals surface area contributed by atoms with Crippen LogP contribution >= 0.6 is 0 Å². The van der Waals surface area contributed by atoms with Crippen LogP contribution in [-0.2, 0) is 20.9 Å². The average Bonchev–Trinajstić information content (AvgIpc) is 2.72. The van der Waals surface area contributed by atoms with Crippen molar-refractivity contribution >= 4 is 23.5 Å². The standard InChI is InChI=1S/C21H22N2O5/c1-14-20(25)23(17-5-3-4-6-18(17)28-14)12-11-19(24)22-13-15-7-9-16(10-8-15)21(26)27-2/h3-10,14H,11-13H2,1-2H3,(H,22,24). The molecule has 2 aromatic carbocycles. The van der Waals surface area contributed by atoms with Crippen LogP contribution in [0.15, 0.2) is 48.5 Å². The molecule has 2 amide bonds. The third-order valence-electron chi connectivity index (χ3n) is 4.50. The van der Waals surface area contributed by atoms with E-state index >= 15 is 0 Å². The van der Waals surface area contributed by atoms with E-state index in [1.807, 2.05) is 18.2 Å². The van der Waals surface area contributed by atoms with Crippen molar-refractivity contribution in [2.45, 2.75) is 26.0 Å². The van der Waals surface area contributed by atoms with Crippen LogP contribution in [0.2, 0.25) is 0 Å². The van der Waals surface area contributed by atoms with Gasteiger partial charge in [-0.25, -0.2) is 4.79 Å². The Morgan fingerprint density at radius 2 is 1.86 bits per heavy atom. The summed E-state index contributed by atoms with van der Waals surface area (Å²) in [6, 6.07) is 14.1. The number of anilines is 1. The average molecular weight is 382 g/mol. The molecule has 0 saturated heterocycles. The van der Waals surface area contributed by atoms with Gasteiger partial charge in [-0.3, -0.25) is 9.59 Å². The number of carbonyl (C=O) groups is 3. The predicted octanol–water partition coefficient (Wildman–Crippen LogP) is 2.29. The molecule has 1 atom stereocenters. The van der Waals surface area contributed by atoms with Crippen molar-refractivity contribution in [3.8, 4) is 5.75 Å². The number of amides is 2. The van der Waals surface area contributed by atoms with E-state index in [1.165, 1.54) is 7.11 Å². The van der Waals surface area contributed by atoms with Gasteiger partial charge in [0.15, 0.2) is 6.10 Å². The molecule has 0 spiro atoms. The van der Waals surface area contributed by atoms with Crippen LogP contribution in [0.3, 0.4) is 0 Å². The molecular formula is C21H22N2O5. The lowest BCUT2D eigenvalue weighted by molar-refractivity contribution is -0.125. The fourth-order valence-electron chi connectivity index (χ4n) is 2.97. The number of esters is 1. The Hall–Kier alpha value is -3.35. The Morgan fingerprint density at radius 3 is 2.57 bits per heavy atom. The molecule has 28 heavy (non-hydrogen) atoms. The molecule has 1 aliphatic rings. The number of rotatable bonds is 6. The maximum atomic E-state index is 12.4. The van der Waals surface area contributed by atoms with E-state index in [4.69, 9.17) is 4.74 Å². The number of nitrogens with one attached hydrogen (secondary N) is 1. The van der Waals surface area contributed by atoms with E-state index in [0.717, 1.165) is 5.56 Å². The molecule has 1 aliphatic heterocycles. The Bertz CT molecular complexity index is 879. The molecule has 7 heteroatoms. The zero-order valence-corrected chi connectivity index (χ0v) is 15.8. The normalized spacial score (nSPS) is 15.4. The molecule has 2 aromatic rings. The number of para-hydroxylation sites is 2. The number of hydrogen-bond acceptors (Lipinski definition) is 5. The number of nitrogens with zero attached hydrogens (tertiary/aromatic N) is 1. The molecule has 0 saturated carbocycles. The molecular weight excluding hydrogens is 360 g/mol. The summed E-state index contributed by atoms with van der Waals surface area (Å²) in [6.45, 7) is 2.31. The molecule has 1 heterocycles. The van der Waals surface area contributed by atoms with Gasteiger partial charge in [0.05, 0.1) is 18.4 Å². The number of carbonyl (C=O) groups excluding carboxylic acids is 3. The number of fused-ring (bicyclic) bond motifs is 1. The van der Waals surface area contributed by atoms with Crippen molar-refractivity contribution in [3.63, 3.8) is 0 Å². The van der Waals surface area contributed by atoms with Crippen molar-refractivity contribution in [3.05, 3.63) is 59.7 Å². The third-order valence-corrected chi connectivity index (χ3v) is 4.50. The first kappa shape index (κ1) is 19.4. The summed E-state index contributed by atoms with van der Waals surface area (Å²) in [5.41, 5.74) is 2.00. The predicted molar refractivity (Wildman–Crippen MR) is 103 cm³/mol. The monoisotopic (exact) mass is 382 g/mol. The van der Waals surface area contributed by atoms with E-state index in [9.17, 15) is 14.4 Å². The van der Waals surface area contributed by atoms with Crippen LogP contribution in [0.1, 0.15) is 29.3 Å². The molecule has 1 N–H and O–H groups in total. The topological polar surface area (TPSA) is 84.9 Å². The van der Waals surface area contributed by atoms with Gasteiger partial charge >= 0.3 is 5.97 Å². The fourth-order valence-corrected chi connectivity index (χ4v) is 2.97. The summed E-state index contributed by atoms with van der Waals surface area (Å²) in [4.78, 5) is 37.7. The Balaban J connectivity index is 1.54. The van der Waals surface area contributed by atoms with Crippen molar-refractivity contribution < 1.29 is 23.9 Å². The van der Waals surface area contributed by atoms with E-state index in [0.29, 0.717) is 23.5 Å². The summed E-state index contributed by atoms with van der Waals surface area (Å²) in [6.07, 6.45) is -0.404. The smallest absolute Gasteiger partial charge is 0.337 e. The maximum Gasteiger partial charge on any atom is 0.337 e. The molecule has 0 radical (unpaired) electrons. The van der Waals surface area contributed by atoms with Crippen LogP contribution in [0.25, 0.3) is 0 Å². The Morgan fingerprint density at radius 1 is 1.14 bits per heavy atom. The minimum Gasteiger partial charge on any atom is -0.479 e. The Kier molecular flexibility index (Phi) is 5.93. The summed E-state index contributed by atoms with van der Waals surface area (Å²) in [7, 11) is 1.33. The SMILES string of the molecule is COC(=O)c1ccc(CNC(=O)CCN2C(=O)C(C)Oc3ccccc32)cc1. The molecule has 7 nitrogen and oxygen atoms in total. The first-order valence-electron chi connectivity index (χ1n) is 9.00. The zero-order valence-electron chi connectivity index (χ0n) is 15.8. The van der Waals surface area contributed by atoms with Gasteiger partial charge in [-0.05, 0) is 36.8 Å².